The van der Waals surface area contributed by atoms with E-state index in [2.05, 4.69) is 0 Å². The van der Waals surface area contributed by atoms with Crippen molar-refractivity contribution in [3.63, 3.8) is 0 Å². The molecular weight excluding hydrogens is 342 g/mol. The summed E-state index contributed by atoms with van der Waals surface area (Å²) < 4.78 is 11.5. The number of aryl methyl sites for hydroxylation is 1. The normalized spacial score (nSPS) is 19.7. The minimum atomic E-state index is -0.353. The number of ether oxygens (including phenoxy) is 2. The molecule has 0 unspecified atom stereocenters. The first-order valence-electron chi connectivity index (χ1n) is 9.58. The first-order valence-corrected chi connectivity index (χ1v) is 9.58. The summed E-state index contributed by atoms with van der Waals surface area (Å²) in [6, 6.07) is 11.8. The first kappa shape index (κ1) is 17.9. The van der Waals surface area contributed by atoms with Gasteiger partial charge in [0, 0.05) is 18.7 Å². The Balaban J connectivity index is 1.65. The van der Waals surface area contributed by atoms with Crippen molar-refractivity contribution in [2.24, 2.45) is 0 Å². The van der Waals surface area contributed by atoms with Crippen molar-refractivity contribution in [2.75, 3.05) is 19.8 Å². The molecule has 5 nitrogen and oxygen atoms in total. The van der Waals surface area contributed by atoms with Crippen LogP contribution in [0.5, 0.6) is 11.5 Å². The van der Waals surface area contributed by atoms with Crippen molar-refractivity contribution in [2.45, 2.75) is 38.8 Å². The predicted molar refractivity (Wildman–Crippen MR) is 103 cm³/mol. The van der Waals surface area contributed by atoms with E-state index in [1.165, 1.54) is 0 Å². The number of benzene rings is 2. The zero-order valence-corrected chi connectivity index (χ0v) is 15.6. The Bertz CT molecular complexity index is 842. The minimum absolute atomic E-state index is 0.0203. The van der Waals surface area contributed by atoms with E-state index in [0.717, 1.165) is 41.5 Å². The fraction of sp³-hybridized carbons (Fsp3) is 0.409. The zero-order valence-electron chi connectivity index (χ0n) is 15.6. The molecule has 0 aromatic heterocycles. The van der Waals surface area contributed by atoms with Crippen molar-refractivity contribution in [1.82, 2.24) is 4.90 Å². The third-order valence-corrected chi connectivity index (χ3v) is 5.34. The lowest BCUT2D eigenvalue weighted by atomic mass is 9.97. The number of rotatable bonds is 2. The second kappa shape index (κ2) is 7.61. The average molecular weight is 367 g/mol. The number of aromatic hydroxyl groups is 1. The van der Waals surface area contributed by atoms with Gasteiger partial charge < -0.3 is 19.5 Å². The van der Waals surface area contributed by atoms with Gasteiger partial charge in [0.05, 0.1) is 6.54 Å². The molecule has 2 aliphatic rings. The standard InChI is InChI=1S/C22H25NO4/c1-15-6-2-3-7-18(15)16-12-17-14-23(9-11-27-21(17)19(24)13-16)22(25)20-8-4-5-10-26-20/h2-3,6-7,12-13,20,24H,4-5,8-11,14H2,1H3/t20-/m1/s1. The lowest BCUT2D eigenvalue weighted by Gasteiger charge is -2.28. The van der Waals surface area contributed by atoms with Crippen molar-refractivity contribution >= 4 is 5.91 Å². The van der Waals surface area contributed by atoms with Crippen LogP contribution in [0.4, 0.5) is 0 Å². The largest absolute Gasteiger partial charge is 0.504 e. The van der Waals surface area contributed by atoms with Crippen LogP contribution in [-0.2, 0) is 16.1 Å². The quantitative estimate of drug-likeness (QED) is 0.880. The molecule has 0 spiro atoms. The Morgan fingerprint density at radius 2 is 2.04 bits per heavy atom. The highest BCUT2D eigenvalue weighted by atomic mass is 16.5. The van der Waals surface area contributed by atoms with Crippen LogP contribution >= 0.6 is 0 Å². The van der Waals surface area contributed by atoms with Gasteiger partial charge in [-0.3, -0.25) is 4.79 Å². The molecule has 1 atom stereocenters. The number of amides is 1. The molecule has 1 amide bonds. The molecule has 142 valence electrons. The number of nitrogens with zero attached hydrogens (tertiary/aromatic N) is 1. The second-order valence-electron chi connectivity index (χ2n) is 7.26. The van der Waals surface area contributed by atoms with Crippen LogP contribution in [0.15, 0.2) is 36.4 Å². The molecule has 27 heavy (non-hydrogen) atoms. The van der Waals surface area contributed by atoms with E-state index in [1.807, 2.05) is 37.3 Å². The Hall–Kier alpha value is -2.53. The van der Waals surface area contributed by atoms with Gasteiger partial charge in [-0.25, -0.2) is 0 Å². The van der Waals surface area contributed by atoms with Crippen LogP contribution in [0, 0.1) is 6.92 Å². The molecule has 0 radical (unpaired) electrons. The van der Waals surface area contributed by atoms with Crippen molar-refractivity contribution in [3.8, 4) is 22.6 Å². The number of phenolic OH excluding ortho intramolecular Hbond substituents is 1. The van der Waals surface area contributed by atoms with E-state index in [9.17, 15) is 9.90 Å². The van der Waals surface area contributed by atoms with E-state index in [0.29, 0.717) is 32.1 Å². The lowest BCUT2D eigenvalue weighted by Crippen LogP contribution is -2.42. The van der Waals surface area contributed by atoms with Crippen LogP contribution in [0.2, 0.25) is 0 Å². The summed E-state index contributed by atoms with van der Waals surface area (Å²) in [4.78, 5) is 14.7. The van der Waals surface area contributed by atoms with Gasteiger partial charge in [-0.15, -0.1) is 0 Å². The summed E-state index contributed by atoms with van der Waals surface area (Å²) in [5, 5.41) is 10.5. The minimum Gasteiger partial charge on any atom is -0.504 e. The summed E-state index contributed by atoms with van der Waals surface area (Å²) in [6.45, 7) is 3.97. The van der Waals surface area contributed by atoms with Crippen LogP contribution in [-0.4, -0.2) is 41.8 Å². The van der Waals surface area contributed by atoms with Crippen LogP contribution in [0.1, 0.15) is 30.4 Å². The Labute approximate surface area is 159 Å². The monoisotopic (exact) mass is 367 g/mol. The number of fused-ring (bicyclic) bond motifs is 1. The predicted octanol–water partition coefficient (Wildman–Crippen LogP) is 3.66. The van der Waals surface area contributed by atoms with E-state index < -0.39 is 0 Å². The number of carbonyl (C=O) groups is 1. The van der Waals surface area contributed by atoms with Crippen LogP contribution in [0.3, 0.4) is 0 Å². The van der Waals surface area contributed by atoms with E-state index in [4.69, 9.17) is 9.47 Å². The van der Waals surface area contributed by atoms with Gasteiger partial charge in [0.2, 0.25) is 0 Å². The highest BCUT2D eigenvalue weighted by molar-refractivity contribution is 5.81. The SMILES string of the molecule is Cc1ccccc1-c1cc(O)c2c(c1)CN(C(=O)[C@H]1CCCCO1)CCO2. The summed E-state index contributed by atoms with van der Waals surface area (Å²) in [5.74, 6) is 0.619. The smallest absolute Gasteiger partial charge is 0.252 e. The summed E-state index contributed by atoms with van der Waals surface area (Å²) >= 11 is 0. The molecule has 1 fully saturated rings. The van der Waals surface area contributed by atoms with E-state index >= 15 is 0 Å². The fourth-order valence-electron chi connectivity index (χ4n) is 3.88. The Morgan fingerprint density at radius 3 is 2.81 bits per heavy atom. The fourth-order valence-corrected chi connectivity index (χ4v) is 3.88. The maximum atomic E-state index is 12.9. The molecule has 2 aromatic rings. The highest BCUT2D eigenvalue weighted by Gasteiger charge is 2.29. The topological polar surface area (TPSA) is 59.0 Å². The Morgan fingerprint density at radius 1 is 1.19 bits per heavy atom. The third kappa shape index (κ3) is 3.65. The van der Waals surface area contributed by atoms with Crippen molar-refractivity contribution in [3.05, 3.63) is 47.5 Å². The van der Waals surface area contributed by atoms with E-state index in [1.54, 1.807) is 11.0 Å². The first-order chi connectivity index (χ1) is 13.1. The number of hydrogen-bond acceptors (Lipinski definition) is 4. The second-order valence-corrected chi connectivity index (χ2v) is 7.26. The molecule has 2 aliphatic heterocycles. The Kier molecular flexibility index (Phi) is 5.03. The molecule has 5 heteroatoms. The molecule has 1 saturated heterocycles. The average Bonchev–Trinajstić information content (AvgIpc) is 2.91. The van der Waals surface area contributed by atoms with Crippen molar-refractivity contribution in [1.29, 1.82) is 0 Å². The highest BCUT2D eigenvalue weighted by Crippen LogP contribution is 2.38. The van der Waals surface area contributed by atoms with Gasteiger partial charge in [0.25, 0.3) is 5.91 Å². The molecule has 1 N–H and O–H groups in total. The van der Waals surface area contributed by atoms with Crippen LogP contribution in [0.25, 0.3) is 11.1 Å². The lowest BCUT2D eigenvalue weighted by molar-refractivity contribution is -0.147. The maximum absolute atomic E-state index is 12.9. The number of phenols is 1. The molecule has 2 aromatic carbocycles. The third-order valence-electron chi connectivity index (χ3n) is 5.34. The van der Waals surface area contributed by atoms with Gasteiger partial charge in [0.1, 0.15) is 12.7 Å². The van der Waals surface area contributed by atoms with Gasteiger partial charge in [0.15, 0.2) is 11.5 Å². The number of hydrogen-bond donors (Lipinski definition) is 1. The van der Waals surface area contributed by atoms with Gasteiger partial charge in [-0.1, -0.05) is 24.3 Å². The molecule has 4 rings (SSSR count). The summed E-state index contributed by atoms with van der Waals surface area (Å²) in [7, 11) is 0. The molecule has 0 bridgehead atoms. The van der Waals surface area contributed by atoms with E-state index in [-0.39, 0.29) is 17.8 Å². The number of carbonyl (C=O) groups excluding carboxylic acids is 1. The molecular formula is C22H25NO4. The van der Waals surface area contributed by atoms with Gasteiger partial charge in [-0.2, -0.15) is 0 Å². The van der Waals surface area contributed by atoms with Crippen molar-refractivity contribution < 1.29 is 19.4 Å². The summed E-state index contributed by atoms with van der Waals surface area (Å²) in [5.41, 5.74) is 3.95. The molecule has 0 saturated carbocycles. The van der Waals surface area contributed by atoms with Gasteiger partial charge >= 0.3 is 0 Å². The molecule has 2 heterocycles. The molecule has 0 aliphatic carbocycles. The van der Waals surface area contributed by atoms with Gasteiger partial charge in [-0.05, 0) is 55.0 Å². The zero-order chi connectivity index (χ0) is 18.8. The maximum Gasteiger partial charge on any atom is 0.252 e. The van der Waals surface area contributed by atoms with Crippen LogP contribution < -0.4 is 4.74 Å². The summed E-state index contributed by atoms with van der Waals surface area (Å²) in [6.07, 6.45) is 2.46.